The number of carboxylic acids is 1. The zero-order valence-electron chi connectivity index (χ0n) is 31.6. The SMILES string of the molecule is CC/C=C\C/C=C\C/C=C\C/C=C\C/C=C\C/C=C\CCCCC(=O)OC(CCCCCC)CCCCCC(=O)NCC(=O)NC(CO)C(=O)O. The molecular weight excluding hydrogens is 644 g/mol. The number of nitrogens with one attached hydrogen (secondary N) is 2. The Balaban J connectivity index is 4.14. The van der Waals surface area contributed by atoms with E-state index in [4.69, 9.17) is 14.9 Å². The molecule has 0 aromatic heterocycles. The second kappa shape index (κ2) is 36.1. The molecule has 0 bridgehead atoms. The minimum atomic E-state index is -1.40. The molecule has 0 spiro atoms. The van der Waals surface area contributed by atoms with Gasteiger partial charge in [0.2, 0.25) is 11.8 Å². The lowest BCUT2D eigenvalue weighted by Crippen LogP contribution is -2.47. The Bertz CT molecular complexity index is 1090. The van der Waals surface area contributed by atoms with Crippen LogP contribution in [0.1, 0.15) is 142 Å². The van der Waals surface area contributed by atoms with E-state index in [2.05, 4.69) is 97.4 Å². The molecule has 9 heteroatoms. The van der Waals surface area contributed by atoms with E-state index in [1.54, 1.807) is 0 Å². The molecule has 2 unspecified atom stereocenters. The number of aliphatic hydroxyl groups excluding tert-OH is 1. The number of carbonyl (C=O) groups is 4. The van der Waals surface area contributed by atoms with Crippen LogP contribution in [0.25, 0.3) is 0 Å². The molecular formula is C42H68N2O7. The number of amides is 2. The topological polar surface area (TPSA) is 142 Å². The molecule has 0 fully saturated rings. The molecule has 288 valence electrons. The van der Waals surface area contributed by atoms with Gasteiger partial charge in [0, 0.05) is 12.8 Å². The Morgan fingerprint density at radius 2 is 1.12 bits per heavy atom. The minimum absolute atomic E-state index is 0.107. The molecule has 9 nitrogen and oxygen atoms in total. The number of unbranched alkanes of at least 4 members (excludes halogenated alkanes) is 7. The largest absolute Gasteiger partial charge is 0.480 e. The third-order valence-electron chi connectivity index (χ3n) is 7.97. The minimum Gasteiger partial charge on any atom is -0.480 e. The van der Waals surface area contributed by atoms with E-state index in [0.717, 1.165) is 103 Å². The lowest BCUT2D eigenvalue weighted by Gasteiger charge is -2.18. The first-order chi connectivity index (χ1) is 24.8. The molecule has 0 aliphatic rings. The molecule has 0 aliphatic carbocycles. The Kier molecular flexibility index (Phi) is 33.5. The molecule has 0 aliphatic heterocycles. The zero-order valence-corrected chi connectivity index (χ0v) is 31.6. The van der Waals surface area contributed by atoms with Crippen molar-refractivity contribution in [1.82, 2.24) is 10.6 Å². The van der Waals surface area contributed by atoms with Crippen molar-refractivity contribution in [2.75, 3.05) is 13.2 Å². The van der Waals surface area contributed by atoms with Crippen LogP contribution in [0.2, 0.25) is 0 Å². The molecule has 2 atom stereocenters. The van der Waals surface area contributed by atoms with Crippen LogP contribution in [0.3, 0.4) is 0 Å². The number of rotatable bonds is 33. The molecule has 0 radical (unpaired) electrons. The molecule has 51 heavy (non-hydrogen) atoms. The highest BCUT2D eigenvalue weighted by Gasteiger charge is 2.19. The molecule has 0 saturated heterocycles. The van der Waals surface area contributed by atoms with Crippen LogP contribution in [-0.2, 0) is 23.9 Å². The molecule has 4 N–H and O–H groups in total. The lowest BCUT2D eigenvalue weighted by atomic mass is 10.0. The summed E-state index contributed by atoms with van der Waals surface area (Å²) in [6.07, 6.45) is 43.8. The average Bonchev–Trinajstić information content (AvgIpc) is 3.11. The summed E-state index contributed by atoms with van der Waals surface area (Å²) in [5, 5.41) is 22.5. The second-order valence-corrected chi connectivity index (χ2v) is 12.6. The first-order valence-corrected chi connectivity index (χ1v) is 19.3. The number of carboxylic acid groups (broad SMARTS) is 1. The Labute approximate surface area is 308 Å². The van der Waals surface area contributed by atoms with Crippen molar-refractivity contribution in [1.29, 1.82) is 0 Å². The van der Waals surface area contributed by atoms with Crippen LogP contribution in [-0.4, -0.2) is 59.3 Å². The smallest absolute Gasteiger partial charge is 0.328 e. The fourth-order valence-corrected chi connectivity index (χ4v) is 5.01. The number of hydrogen-bond donors (Lipinski definition) is 4. The fraction of sp³-hybridized carbons (Fsp3) is 0.619. The zero-order chi connectivity index (χ0) is 37.6. The van der Waals surface area contributed by atoms with E-state index in [9.17, 15) is 19.2 Å². The third kappa shape index (κ3) is 33.2. The van der Waals surface area contributed by atoms with Gasteiger partial charge in [-0.2, -0.15) is 0 Å². The van der Waals surface area contributed by atoms with Crippen molar-refractivity contribution in [2.45, 2.75) is 154 Å². The predicted octanol–water partition coefficient (Wildman–Crippen LogP) is 8.76. The van der Waals surface area contributed by atoms with E-state index < -0.39 is 24.5 Å². The van der Waals surface area contributed by atoms with Crippen molar-refractivity contribution in [3.63, 3.8) is 0 Å². The van der Waals surface area contributed by atoms with E-state index in [0.29, 0.717) is 12.8 Å². The van der Waals surface area contributed by atoms with Crippen molar-refractivity contribution in [2.24, 2.45) is 0 Å². The number of aliphatic carboxylic acids is 1. The van der Waals surface area contributed by atoms with Gasteiger partial charge in [0.25, 0.3) is 0 Å². The van der Waals surface area contributed by atoms with E-state index in [-0.39, 0.29) is 30.9 Å². The fourth-order valence-electron chi connectivity index (χ4n) is 5.01. The summed E-state index contributed by atoms with van der Waals surface area (Å²) < 4.78 is 5.86. The summed E-state index contributed by atoms with van der Waals surface area (Å²) in [4.78, 5) is 47.3. The Hall–Kier alpha value is -3.72. The van der Waals surface area contributed by atoms with Gasteiger partial charge in [-0.3, -0.25) is 14.4 Å². The quantitative estimate of drug-likeness (QED) is 0.0303. The van der Waals surface area contributed by atoms with E-state index >= 15 is 0 Å². The van der Waals surface area contributed by atoms with Gasteiger partial charge in [-0.15, -0.1) is 0 Å². The summed E-state index contributed by atoms with van der Waals surface area (Å²) in [6.45, 7) is 3.24. The van der Waals surface area contributed by atoms with Crippen molar-refractivity contribution < 1.29 is 34.1 Å². The van der Waals surface area contributed by atoms with Gasteiger partial charge < -0.3 is 25.6 Å². The monoisotopic (exact) mass is 713 g/mol. The number of hydrogen-bond acceptors (Lipinski definition) is 6. The first-order valence-electron chi connectivity index (χ1n) is 19.3. The van der Waals surface area contributed by atoms with Gasteiger partial charge >= 0.3 is 11.9 Å². The predicted molar refractivity (Wildman–Crippen MR) is 208 cm³/mol. The van der Waals surface area contributed by atoms with Gasteiger partial charge in [0.15, 0.2) is 0 Å². The molecule has 0 aromatic carbocycles. The molecule has 0 aromatic rings. The maximum Gasteiger partial charge on any atom is 0.328 e. The number of allylic oxidation sites excluding steroid dienone is 12. The van der Waals surface area contributed by atoms with Gasteiger partial charge in [0.1, 0.15) is 12.1 Å². The average molecular weight is 713 g/mol. The van der Waals surface area contributed by atoms with Gasteiger partial charge in [-0.1, -0.05) is 112 Å². The van der Waals surface area contributed by atoms with Crippen LogP contribution in [0.15, 0.2) is 72.9 Å². The normalized spacial score (nSPS) is 13.3. The summed E-state index contributed by atoms with van der Waals surface area (Å²) >= 11 is 0. The maximum absolute atomic E-state index is 12.6. The number of ether oxygens (including phenoxy) is 1. The van der Waals surface area contributed by atoms with E-state index in [1.165, 1.54) is 6.42 Å². The number of aliphatic hydroxyl groups is 1. The summed E-state index contributed by atoms with van der Waals surface area (Å²) in [5.74, 6) is -2.45. The van der Waals surface area contributed by atoms with Crippen LogP contribution in [0.4, 0.5) is 0 Å². The molecule has 0 rings (SSSR count). The van der Waals surface area contributed by atoms with Crippen LogP contribution < -0.4 is 10.6 Å². The lowest BCUT2D eigenvalue weighted by molar-refractivity contribution is -0.150. The number of carbonyl (C=O) groups excluding carboxylic acids is 3. The summed E-state index contributed by atoms with van der Waals surface area (Å²) in [7, 11) is 0. The molecule has 0 saturated carbocycles. The third-order valence-corrected chi connectivity index (χ3v) is 7.97. The van der Waals surface area contributed by atoms with Crippen molar-refractivity contribution in [3.05, 3.63) is 72.9 Å². The maximum atomic E-state index is 12.6. The standard InChI is InChI=1S/C42H68N2O7/c1-3-5-7-9-10-11-12-13-14-15-16-17-18-19-20-21-22-23-24-25-30-34-41(48)51-37(31-27-8-6-4-2)32-28-26-29-33-39(46)43-35-40(47)44-38(36-45)42(49)50/h5,7,10-11,13-14,16-17,19-20,22-23,37-38,45H,3-4,6,8-9,12,15,18,21,24-36H2,1-2H3,(H,43,46)(H,44,47)(H,49,50)/b7-5-,11-10-,14-13-,17-16-,20-19-,23-22-. The Morgan fingerprint density at radius 1 is 0.608 bits per heavy atom. The van der Waals surface area contributed by atoms with Gasteiger partial charge in [-0.05, 0) is 89.9 Å². The van der Waals surface area contributed by atoms with Gasteiger partial charge in [0.05, 0.1) is 13.2 Å². The van der Waals surface area contributed by atoms with Crippen LogP contribution in [0.5, 0.6) is 0 Å². The number of esters is 1. The Morgan fingerprint density at radius 3 is 1.63 bits per heavy atom. The molecule has 0 heterocycles. The highest BCUT2D eigenvalue weighted by molar-refractivity contribution is 5.87. The highest BCUT2D eigenvalue weighted by atomic mass is 16.5. The first kappa shape index (κ1) is 47.3. The second-order valence-electron chi connectivity index (χ2n) is 12.6. The van der Waals surface area contributed by atoms with Crippen LogP contribution in [0, 0.1) is 0 Å². The van der Waals surface area contributed by atoms with Gasteiger partial charge in [-0.25, -0.2) is 4.79 Å². The van der Waals surface area contributed by atoms with E-state index in [1.807, 2.05) is 0 Å². The summed E-state index contributed by atoms with van der Waals surface area (Å²) in [6, 6.07) is -1.40. The summed E-state index contributed by atoms with van der Waals surface area (Å²) in [5.41, 5.74) is 0. The highest BCUT2D eigenvalue weighted by Crippen LogP contribution is 2.17. The van der Waals surface area contributed by atoms with Crippen LogP contribution >= 0.6 is 0 Å². The van der Waals surface area contributed by atoms with Crippen molar-refractivity contribution >= 4 is 23.8 Å². The van der Waals surface area contributed by atoms with Crippen molar-refractivity contribution in [3.8, 4) is 0 Å². The molecule has 2 amide bonds.